The van der Waals surface area contributed by atoms with Crippen LogP contribution in [0.4, 0.5) is 17.6 Å². The fourth-order valence-corrected chi connectivity index (χ4v) is 5.29. The maximum absolute atomic E-state index is 14.8. The van der Waals surface area contributed by atoms with Gasteiger partial charge in [-0.25, -0.2) is 12.8 Å². The van der Waals surface area contributed by atoms with Gasteiger partial charge in [-0.3, -0.25) is 14.6 Å². The van der Waals surface area contributed by atoms with E-state index < -0.39 is 87.7 Å². The van der Waals surface area contributed by atoms with E-state index in [1.165, 1.54) is 0 Å². The van der Waals surface area contributed by atoms with E-state index in [0.29, 0.717) is 6.92 Å². The fourth-order valence-electron chi connectivity index (χ4n) is 3.35. The second-order valence-corrected chi connectivity index (χ2v) is 9.80. The lowest BCUT2D eigenvalue weighted by Gasteiger charge is -2.40. The topological polar surface area (TPSA) is 138 Å². The summed E-state index contributed by atoms with van der Waals surface area (Å²) in [6.07, 6.45) is -6.66. The number of carbonyl (C=O) groups excluding carboxylic acids is 2. The van der Waals surface area contributed by atoms with Crippen LogP contribution in [0.25, 0.3) is 0 Å². The predicted octanol–water partition coefficient (Wildman–Crippen LogP) is 0.379. The second kappa shape index (κ2) is 7.58. The molecule has 0 spiro atoms. The van der Waals surface area contributed by atoms with Crippen LogP contribution in [0.2, 0.25) is 0 Å². The lowest BCUT2D eigenvalue weighted by atomic mass is 9.94. The minimum absolute atomic E-state index is 0.315. The van der Waals surface area contributed by atoms with Gasteiger partial charge in [0.15, 0.2) is 21.6 Å². The number of nitrogens with one attached hydrogen (secondary N) is 1. The van der Waals surface area contributed by atoms with Gasteiger partial charge in [0.05, 0.1) is 42.2 Å². The molecule has 9 nitrogen and oxygen atoms in total. The molecule has 1 aromatic rings. The minimum atomic E-state index is -4.76. The molecule has 172 valence electrons. The summed E-state index contributed by atoms with van der Waals surface area (Å²) < 4.78 is 86.4. The molecule has 0 aromatic carbocycles. The number of sulfone groups is 1. The molecule has 3 rings (SSSR count). The summed E-state index contributed by atoms with van der Waals surface area (Å²) in [5.41, 5.74) is 0.771. The van der Waals surface area contributed by atoms with Gasteiger partial charge in [0.2, 0.25) is 5.91 Å². The molecular formula is C17H19F4N3O6S. The summed E-state index contributed by atoms with van der Waals surface area (Å²) in [7, 11) is -3.48. The molecule has 14 heteroatoms. The summed E-state index contributed by atoms with van der Waals surface area (Å²) in [6.45, 7) is -0.125. The first-order valence-electron chi connectivity index (χ1n) is 8.97. The molecule has 2 fully saturated rings. The molecule has 0 bridgehead atoms. The van der Waals surface area contributed by atoms with Gasteiger partial charge >= 0.3 is 6.18 Å². The molecule has 0 radical (unpaired) electrons. The fraction of sp³-hybridized carbons (Fsp3) is 0.588. The summed E-state index contributed by atoms with van der Waals surface area (Å²) in [5.74, 6) is -3.46. The van der Waals surface area contributed by atoms with Crippen LogP contribution in [0.5, 0.6) is 5.75 Å². The Balaban J connectivity index is 1.89. The Morgan fingerprint density at radius 3 is 2.42 bits per heavy atom. The summed E-state index contributed by atoms with van der Waals surface area (Å²) in [5, 5.41) is 2.35. The Bertz CT molecular complexity index is 998. The van der Waals surface area contributed by atoms with Gasteiger partial charge in [0, 0.05) is 12.3 Å². The zero-order valence-electron chi connectivity index (χ0n) is 16.2. The van der Waals surface area contributed by atoms with Crippen molar-refractivity contribution in [3.05, 3.63) is 23.5 Å². The van der Waals surface area contributed by atoms with E-state index in [-0.39, 0.29) is 5.56 Å². The van der Waals surface area contributed by atoms with Crippen LogP contribution >= 0.6 is 0 Å². The summed E-state index contributed by atoms with van der Waals surface area (Å²) in [6, 6.07) is 0.831. The van der Waals surface area contributed by atoms with E-state index in [1.807, 2.05) is 0 Å². The van der Waals surface area contributed by atoms with Crippen LogP contribution in [0.3, 0.4) is 0 Å². The SMILES string of the molecule is C[C@H](Oc1cc(C(=O)NC2(CC(N)=O)CS(=O)(=O)C2)ncc1C1(F)COC1)C(F)(F)F. The lowest BCUT2D eigenvalue weighted by molar-refractivity contribution is -0.190. The molecule has 1 atom stereocenters. The third-order valence-electron chi connectivity index (χ3n) is 4.89. The molecular weight excluding hydrogens is 450 g/mol. The zero-order chi connectivity index (χ0) is 23.2. The van der Waals surface area contributed by atoms with E-state index in [9.17, 15) is 35.6 Å². The van der Waals surface area contributed by atoms with Crippen LogP contribution in [0.15, 0.2) is 12.3 Å². The average Bonchev–Trinajstić information content (AvgIpc) is 2.56. The van der Waals surface area contributed by atoms with Gasteiger partial charge in [-0.15, -0.1) is 0 Å². The number of primary amides is 1. The van der Waals surface area contributed by atoms with Gasteiger partial charge in [0.1, 0.15) is 11.4 Å². The number of nitrogens with two attached hydrogens (primary N) is 1. The van der Waals surface area contributed by atoms with Crippen molar-refractivity contribution in [2.75, 3.05) is 24.7 Å². The number of aromatic nitrogens is 1. The number of carbonyl (C=O) groups is 2. The maximum atomic E-state index is 14.8. The van der Waals surface area contributed by atoms with Crippen LogP contribution in [-0.4, -0.2) is 67.8 Å². The van der Waals surface area contributed by atoms with Crippen molar-refractivity contribution in [2.45, 2.75) is 36.8 Å². The van der Waals surface area contributed by atoms with E-state index in [2.05, 4.69) is 10.3 Å². The van der Waals surface area contributed by atoms with Crippen molar-refractivity contribution in [2.24, 2.45) is 5.73 Å². The molecule has 31 heavy (non-hydrogen) atoms. The third-order valence-corrected chi connectivity index (χ3v) is 6.88. The highest BCUT2D eigenvalue weighted by Crippen LogP contribution is 2.40. The number of ether oxygens (including phenoxy) is 2. The molecule has 0 saturated carbocycles. The van der Waals surface area contributed by atoms with Gasteiger partial charge in [0.25, 0.3) is 5.91 Å². The van der Waals surface area contributed by atoms with E-state index in [4.69, 9.17) is 15.2 Å². The number of hydrogen-bond donors (Lipinski definition) is 2. The summed E-state index contributed by atoms with van der Waals surface area (Å²) in [4.78, 5) is 27.7. The molecule has 3 heterocycles. The van der Waals surface area contributed by atoms with Crippen LogP contribution in [0, 0.1) is 0 Å². The molecule has 2 aliphatic heterocycles. The Hall–Kier alpha value is -2.48. The van der Waals surface area contributed by atoms with Crippen molar-refractivity contribution in [3.8, 4) is 5.75 Å². The number of amides is 2. The molecule has 0 unspecified atom stereocenters. The third kappa shape index (κ3) is 4.89. The first-order chi connectivity index (χ1) is 14.1. The number of halogens is 4. The smallest absolute Gasteiger partial charge is 0.425 e. The molecule has 2 amide bonds. The van der Waals surface area contributed by atoms with Gasteiger partial charge in [-0.05, 0) is 6.92 Å². The second-order valence-electron chi connectivity index (χ2n) is 7.74. The number of pyridine rings is 1. The van der Waals surface area contributed by atoms with Crippen LogP contribution in [0.1, 0.15) is 29.4 Å². The number of alkyl halides is 4. The molecule has 2 saturated heterocycles. The van der Waals surface area contributed by atoms with E-state index in [0.717, 1.165) is 12.3 Å². The normalized spacial score (nSPS) is 21.8. The van der Waals surface area contributed by atoms with Crippen molar-refractivity contribution < 1.29 is 45.0 Å². The van der Waals surface area contributed by atoms with Gasteiger partial charge in [-0.1, -0.05) is 0 Å². The lowest BCUT2D eigenvalue weighted by Crippen LogP contribution is -2.66. The molecule has 2 aliphatic rings. The molecule has 1 aromatic heterocycles. The minimum Gasteiger partial charge on any atom is -0.481 e. The predicted molar refractivity (Wildman–Crippen MR) is 96.6 cm³/mol. The highest BCUT2D eigenvalue weighted by Gasteiger charge is 2.51. The Morgan fingerprint density at radius 1 is 1.35 bits per heavy atom. The van der Waals surface area contributed by atoms with Crippen LogP contribution in [-0.2, 0) is 25.0 Å². The maximum Gasteiger partial charge on any atom is 0.425 e. The van der Waals surface area contributed by atoms with E-state index >= 15 is 0 Å². The van der Waals surface area contributed by atoms with Crippen molar-refractivity contribution >= 4 is 21.7 Å². The van der Waals surface area contributed by atoms with E-state index in [1.54, 1.807) is 0 Å². The largest absolute Gasteiger partial charge is 0.481 e. The van der Waals surface area contributed by atoms with Gasteiger partial charge < -0.3 is 20.5 Å². The Morgan fingerprint density at radius 2 is 1.97 bits per heavy atom. The standard InChI is InChI=1S/C17H19F4N3O6S/c1-9(17(19,20)21)30-12-2-11(23-4-10(12)16(18)5-29-6-16)14(26)24-15(3-13(22)25)7-31(27,28)8-15/h2,4,9H,3,5-8H2,1H3,(H2,22,25)(H,24,26)/t9-/m0/s1. The number of hydrogen-bond acceptors (Lipinski definition) is 7. The van der Waals surface area contributed by atoms with Crippen molar-refractivity contribution in [1.82, 2.24) is 10.3 Å². The summed E-state index contributed by atoms with van der Waals surface area (Å²) >= 11 is 0. The van der Waals surface area contributed by atoms with Crippen LogP contribution < -0.4 is 15.8 Å². The Kier molecular flexibility index (Phi) is 5.67. The monoisotopic (exact) mass is 469 g/mol. The Labute approximate surface area is 174 Å². The van der Waals surface area contributed by atoms with Gasteiger partial charge in [-0.2, -0.15) is 13.2 Å². The quantitative estimate of drug-likeness (QED) is 0.551. The van der Waals surface area contributed by atoms with Crippen molar-refractivity contribution in [3.63, 3.8) is 0 Å². The highest BCUT2D eigenvalue weighted by atomic mass is 32.2. The number of nitrogens with zero attached hydrogens (tertiary/aromatic N) is 1. The first kappa shape index (κ1) is 23.2. The van der Waals surface area contributed by atoms with Crippen molar-refractivity contribution in [1.29, 1.82) is 0 Å². The molecule has 3 N–H and O–H groups in total. The first-order valence-corrected chi connectivity index (χ1v) is 10.8. The average molecular weight is 469 g/mol. The number of rotatable bonds is 7. The highest BCUT2D eigenvalue weighted by molar-refractivity contribution is 7.93. The molecule has 0 aliphatic carbocycles. The zero-order valence-corrected chi connectivity index (χ0v) is 17.0.